The quantitative estimate of drug-likeness (QED) is 0.559. The topological polar surface area (TPSA) is 88.8 Å². The third kappa shape index (κ3) is 4.82. The lowest BCUT2D eigenvalue weighted by Gasteiger charge is -2.40. The van der Waals surface area contributed by atoms with Gasteiger partial charge in [0.05, 0.1) is 29.6 Å². The van der Waals surface area contributed by atoms with Crippen LogP contribution in [0.25, 0.3) is 5.69 Å². The summed E-state index contributed by atoms with van der Waals surface area (Å²) in [6.45, 7) is 2.44. The van der Waals surface area contributed by atoms with Crippen LogP contribution in [-0.2, 0) is 6.18 Å². The molecular formula is C21H20F5N7O. The van der Waals surface area contributed by atoms with Crippen molar-refractivity contribution in [2.75, 3.05) is 18.4 Å². The van der Waals surface area contributed by atoms with Gasteiger partial charge in [0.15, 0.2) is 11.6 Å². The molecule has 2 aromatic heterocycles. The molecule has 180 valence electrons. The number of anilines is 1. The first kappa shape index (κ1) is 23.5. The minimum Gasteiger partial charge on any atom is -0.352 e. The first-order valence-corrected chi connectivity index (χ1v) is 10.4. The van der Waals surface area contributed by atoms with Gasteiger partial charge in [-0.15, -0.1) is 0 Å². The molecule has 3 aromatic rings. The van der Waals surface area contributed by atoms with E-state index in [9.17, 15) is 26.7 Å². The van der Waals surface area contributed by atoms with Crippen molar-refractivity contribution in [3.8, 4) is 5.69 Å². The fourth-order valence-electron chi connectivity index (χ4n) is 3.94. The zero-order chi connectivity index (χ0) is 24.5. The zero-order valence-corrected chi connectivity index (χ0v) is 17.9. The Bertz CT molecular complexity index is 1150. The van der Waals surface area contributed by atoms with E-state index < -0.39 is 35.3 Å². The van der Waals surface area contributed by atoms with Crippen molar-refractivity contribution in [1.82, 2.24) is 29.9 Å². The minimum absolute atomic E-state index is 0.00934. The van der Waals surface area contributed by atoms with Crippen LogP contribution in [0.3, 0.4) is 0 Å². The number of likely N-dealkylation sites (tertiary alicyclic amines) is 1. The number of nitrogens with zero attached hydrogens (tertiary/aromatic N) is 6. The van der Waals surface area contributed by atoms with Gasteiger partial charge in [-0.25, -0.2) is 18.7 Å². The average molecular weight is 481 g/mol. The van der Waals surface area contributed by atoms with Gasteiger partial charge in [-0.2, -0.15) is 28.2 Å². The SMILES string of the molecule is CC1CCCN(C(=O)c2cc(F)c(F)cc2-n2nccn2)C1CNc1ncc(C(F)(F)F)cn1. The van der Waals surface area contributed by atoms with Crippen LogP contribution in [0.2, 0.25) is 0 Å². The van der Waals surface area contributed by atoms with Gasteiger partial charge in [-0.05, 0) is 24.8 Å². The number of nitrogens with one attached hydrogen (secondary N) is 1. The molecule has 13 heteroatoms. The van der Waals surface area contributed by atoms with Crippen LogP contribution in [0.5, 0.6) is 0 Å². The van der Waals surface area contributed by atoms with Crippen molar-refractivity contribution in [2.24, 2.45) is 5.92 Å². The number of hydrogen-bond donors (Lipinski definition) is 1. The Hall–Kier alpha value is -3.64. The molecule has 1 amide bonds. The number of piperidine rings is 1. The Morgan fingerprint density at radius 3 is 2.41 bits per heavy atom. The Balaban J connectivity index is 1.58. The molecule has 1 N–H and O–H groups in total. The number of aromatic nitrogens is 5. The Morgan fingerprint density at radius 2 is 1.76 bits per heavy atom. The lowest BCUT2D eigenvalue weighted by atomic mass is 9.90. The molecular weight excluding hydrogens is 461 g/mol. The van der Waals surface area contributed by atoms with Gasteiger partial charge < -0.3 is 10.2 Å². The first-order chi connectivity index (χ1) is 16.1. The van der Waals surface area contributed by atoms with Crippen molar-refractivity contribution < 1.29 is 26.7 Å². The summed E-state index contributed by atoms with van der Waals surface area (Å²) in [7, 11) is 0. The molecule has 2 atom stereocenters. The summed E-state index contributed by atoms with van der Waals surface area (Å²) in [5.74, 6) is -2.88. The molecule has 0 saturated carbocycles. The van der Waals surface area contributed by atoms with E-state index in [4.69, 9.17) is 0 Å². The van der Waals surface area contributed by atoms with E-state index >= 15 is 0 Å². The first-order valence-electron chi connectivity index (χ1n) is 10.4. The number of carbonyl (C=O) groups excluding carboxylic acids is 1. The molecule has 0 spiro atoms. The third-order valence-electron chi connectivity index (χ3n) is 5.73. The number of halogens is 5. The fraction of sp³-hybridized carbons (Fsp3) is 0.381. The minimum atomic E-state index is -4.55. The zero-order valence-electron chi connectivity index (χ0n) is 17.9. The molecule has 0 bridgehead atoms. The highest BCUT2D eigenvalue weighted by atomic mass is 19.4. The molecule has 0 radical (unpaired) electrons. The summed E-state index contributed by atoms with van der Waals surface area (Å²) in [4.78, 5) is 23.4. The van der Waals surface area contributed by atoms with Gasteiger partial charge >= 0.3 is 6.18 Å². The third-order valence-corrected chi connectivity index (χ3v) is 5.73. The second kappa shape index (κ2) is 9.31. The van der Waals surface area contributed by atoms with Gasteiger partial charge in [0, 0.05) is 31.5 Å². The molecule has 8 nitrogen and oxygen atoms in total. The van der Waals surface area contributed by atoms with E-state index in [0.717, 1.165) is 23.4 Å². The number of alkyl halides is 3. The van der Waals surface area contributed by atoms with Crippen molar-refractivity contribution in [1.29, 1.82) is 0 Å². The highest BCUT2D eigenvalue weighted by Crippen LogP contribution is 2.29. The van der Waals surface area contributed by atoms with Gasteiger partial charge in [-0.1, -0.05) is 6.92 Å². The summed E-state index contributed by atoms with van der Waals surface area (Å²) < 4.78 is 66.2. The maximum atomic E-state index is 14.1. The van der Waals surface area contributed by atoms with Crippen LogP contribution in [0.4, 0.5) is 27.9 Å². The predicted molar refractivity (Wildman–Crippen MR) is 110 cm³/mol. The Labute approximate surface area is 190 Å². The molecule has 34 heavy (non-hydrogen) atoms. The van der Waals surface area contributed by atoms with E-state index in [2.05, 4.69) is 25.5 Å². The van der Waals surface area contributed by atoms with Gasteiger partial charge in [0.1, 0.15) is 5.69 Å². The standard InChI is InChI=1S/C21H20F5N7O/c1-12-3-2-6-32(18(12)11-29-20-27-9-13(10-28-20)21(24,25)26)19(34)14-7-15(22)16(23)8-17(14)33-30-4-5-31-33/h4-5,7-10,12,18H,2-3,6,11H2,1H3,(H,27,28,29). The lowest BCUT2D eigenvalue weighted by molar-refractivity contribution is -0.138. The Morgan fingerprint density at radius 1 is 1.12 bits per heavy atom. The molecule has 1 fully saturated rings. The number of rotatable bonds is 5. The summed E-state index contributed by atoms with van der Waals surface area (Å²) in [6.07, 6.45) is 0.977. The van der Waals surface area contributed by atoms with Crippen molar-refractivity contribution in [3.05, 3.63) is 59.7 Å². The van der Waals surface area contributed by atoms with E-state index in [0.29, 0.717) is 25.4 Å². The maximum Gasteiger partial charge on any atom is 0.419 e. The molecule has 2 unspecified atom stereocenters. The van der Waals surface area contributed by atoms with E-state index in [-0.39, 0.29) is 29.7 Å². The number of benzene rings is 1. The molecule has 0 aliphatic carbocycles. The number of hydrogen-bond acceptors (Lipinski definition) is 6. The summed E-state index contributed by atoms with van der Waals surface area (Å²) >= 11 is 0. The van der Waals surface area contributed by atoms with Crippen LogP contribution in [0.1, 0.15) is 35.7 Å². The van der Waals surface area contributed by atoms with Gasteiger partial charge in [0.25, 0.3) is 5.91 Å². The van der Waals surface area contributed by atoms with E-state index in [1.807, 2.05) is 6.92 Å². The second-order valence-electron chi connectivity index (χ2n) is 7.96. The van der Waals surface area contributed by atoms with Crippen molar-refractivity contribution in [3.63, 3.8) is 0 Å². The van der Waals surface area contributed by atoms with Crippen LogP contribution in [0, 0.1) is 17.6 Å². The normalized spacial score (nSPS) is 18.7. The largest absolute Gasteiger partial charge is 0.419 e. The van der Waals surface area contributed by atoms with Crippen LogP contribution >= 0.6 is 0 Å². The predicted octanol–water partition coefficient (Wildman–Crippen LogP) is 3.71. The van der Waals surface area contributed by atoms with Crippen LogP contribution in [-0.4, -0.2) is 54.9 Å². The highest BCUT2D eigenvalue weighted by molar-refractivity contribution is 5.98. The second-order valence-corrected chi connectivity index (χ2v) is 7.96. The van der Waals surface area contributed by atoms with Crippen LogP contribution in [0.15, 0.2) is 36.9 Å². The average Bonchev–Trinajstić information content (AvgIpc) is 3.34. The highest BCUT2D eigenvalue weighted by Gasteiger charge is 2.35. The van der Waals surface area contributed by atoms with Crippen molar-refractivity contribution in [2.45, 2.75) is 32.0 Å². The van der Waals surface area contributed by atoms with E-state index in [1.54, 1.807) is 0 Å². The molecule has 1 aliphatic heterocycles. The molecule has 1 aliphatic rings. The van der Waals surface area contributed by atoms with Crippen molar-refractivity contribution >= 4 is 11.9 Å². The molecule has 1 saturated heterocycles. The number of amides is 1. The number of carbonyl (C=O) groups is 1. The van der Waals surface area contributed by atoms with Gasteiger partial charge in [-0.3, -0.25) is 4.79 Å². The van der Waals surface area contributed by atoms with Gasteiger partial charge in [0.2, 0.25) is 5.95 Å². The summed E-state index contributed by atoms with van der Waals surface area (Å²) in [5.41, 5.74) is -1.09. The smallest absolute Gasteiger partial charge is 0.352 e. The fourth-order valence-corrected chi connectivity index (χ4v) is 3.94. The van der Waals surface area contributed by atoms with E-state index in [1.165, 1.54) is 17.3 Å². The maximum absolute atomic E-state index is 14.1. The Kier molecular flexibility index (Phi) is 6.44. The van der Waals surface area contributed by atoms with Crippen LogP contribution < -0.4 is 5.32 Å². The molecule has 4 rings (SSSR count). The molecule has 1 aromatic carbocycles. The summed E-state index contributed by atoms with van der Waals surface area (Å²) in [6, 6.07) is 1.27. The monoisotopic (exact) mass is 481 g/mol. The molecule has 3 heterocycles. The summed E-state index contributed by atoms with van der Waals surface area (Å²) in [5, 5.41) is 10.7. The lowest BCUT2D eigenvalue weighted by Crippen LogP contribution is -2.51.